The van der Waals surface area contributed by atoms with Crippen LogP contribution in [-0.2, 0) is 15.6 Å². The van der Waals surface area contributed by atoms with Crippen LogP contribution in [0.25, 0.3) is 21.9 Å². The molecule has 1 fully saturated rings. The van der Waals surface area contributed by atoms with E-state index in [0.29, 0.717) is 12.1 Å². The zero-order chi connectivity index (χ0) is 17.6. The Morgan fingerprint density at radius 3 is 2.56 bits per heavy atom. The topological polar surface area (TPSA) is 76.0 Å². The van der Waals surface area contributed by atoms with Gasteiger partial charge in [0.2, 0.25) is 0 Å². The summed E-state index contributed by atoms with van der Waals surface area (Å²) in [6, 6.07) is 7.74. The van der Waals surface area contributed by atoms with Crippen LogP contribution in [-0.4, -0.2) is 26.0 Å². The molecule has 1 N–H and O–H groups in total. The van der Waals surface area contributed by atoms with Crippen molar-refractivity contribution in [1.82, 2.24) is 15.0 Å². The number of carboxylic acid groups (broad SMARTS) is 1. The average molecular weight is 333 g/mol. The lowest BCUT2D eigenvalue weighted by Gasteiger charge is -2.37. The summed E-state index contributed by atoms with van der Waals surface area (Å²) < 4.78 is 0. The van der Waals surface area contributed by atoms with Crippen LogP contribution >= 0.6 is 0 Å². The predicted molar refractivity (Wildman–Crippen MR) is 94.5 cm³/mol. The average Bonchev–Trinajstić information content (AvgIpc) is 2.89. The number of carbonyl (C=O) groups is 1. The summed E-state index contributed by atoms with van der Waals surface area (Å²) in [6.07, 6.45) is 3.19. The first-order chi connectivity index (χ1) is 11.8. The Morgan fingerprint density at radius 2 is 1.80 bits per heavy atom. The van der Waals surface area contributed by atoms with E-state index in [1.165, 1.54) is 0 Å². The molecule has 0 saturated heterocycles. The molecule has 2 aliphatic carbocycles. The van der Waals surface area contributed by atoms with E-state index in [2.05, 4.69) is 25.8 Å². The van der Waals surface area contributed by atoms with E-state index in [1.54, 1.807) is 6.20 Å². The Hall–Kier alpha value is -2.56. The molecule has 5 rings (SSSR count). The number of hydrogen-bond acceptors (Lipinski definition) is 4. The van der Waals surface area contributed by atoms with Crippen LogP contribution in [0.2, 0.25) is 0 Å². The van der Waals surface area contributed by atoms with Gasteiger partial charge in [0.25, 0.3) is 0 Å². The Bertz CT molecular complexity index is 1090. The van der Waals surface area contributed by atoms with E-state index < -0.39 is 16.8 Å². The number of nitrogens with zero attached hydrogens (tertiary/aromatic N) is 3. The monoisotopic (exact) mass is 333 g/mol. The molecule has 2 heterocycles. The summed E-state index contributed by atoms with van der Waals surface area (Å²) in [4.78, 5) is 26.7. The number of pyridine rings is 1. The lowest BCUT2D eigenvalue weighted by molar-refractivity contribution is -0.148. The number of rotatable bonds is 1. The first kappa shape index (κ1) is 14.8. The molecule has 2 aromatic heterocycles. The van der Waals surface area contributed by atoms with E-state index in [-0.39, 0.29) is 5.41 Å². The van der Waals surface area contributed by atoms with E-state index in [4.69, 9.17) is 9.97 Å². The van der Waals surface area contributed by atoms with Gasteiger partial charge in [0.05, 0.1) is 27.9 Å². The number of carboxylic acids is 1. The van der Waals surface area contributed by atoms with Crippen LogP contribution in [0, 0.1) is 5.41 Å². The minimum Gasteiger partial charge on any atom is -0.481 e. The third-order valence-electron chi connectivity index (χ3n) is 7.15. The molecule has 2 aliphatic rings. The van der Waals surface area contributed by atoms with Crippen LogP contribution in [0.4, 0.5) is 0 Å². The fourth-order valence-electron chi connectivity index (χ4n) is 5.19. The second-order valence-electron chi connectivity index (χ2n) is 8.09. The largest absolute Gasteiger partial charge is 0.481 e. The summed E-state index contributed by atoms with van der Waals surface area (Å²) in [5.74, 6) is -0.785. The maximum absolute atomic E-state index is 12.4. The molecule has 0 aliphatic heterocycles. The fourth-order valence-corrected chi connectivity index (χ4v) is 5.19. The molecule has 2 bridgehead atoms. The number of aliphatic carboxylic acids is 1. The summed E-state index contributed by atoms with van der Waals surface area (Å²) in [6.45, 7) is 6.26. The highest BCUT2D eigenvalue weighted by Crippen LogP contribution is 2.70. The van der Waals surface area contributed by atoms with Gasteiger partial charge in [0.1, 0.15) is 5.41 Å². The van der Waals surface area contributed by atoms with Crippen molar-refractivity contribution in [2.45, 2.75) is 44.4 Å². The first-order valence-electron chi connectivity index (χ1n) is 8.63. The summed E-state index contributed by atoms with van der Waals surface area (Å²) >= 11 is 0. The second kappa shape index (κ2) is 4.15. The van der Waals surface area contributed by atoms with Crippen LogP contribution in [0.1, 0.15) is 45.0 Å². The van der Waals surface area contributed by atoms with Gasteiger partial charge in [-0.2, -0.15) is 0 Å². The third kappa shape index (κ3) is 1.39. The van der Waals surface area contributed by atoms with Gasteiger partial charge in [-0.15, -0.1) is 0 Å². The zero-order valence-electron chi connectivity index (χ0n) is 14.5. The summed E-state index contributed by atoms with van der Waals surface area (Å²) in [5.41, 5.74) is 2.25. The van der Waals surface area contributed by atoms with Crippen molar-refractivity contribution >= 4 is 27.9 Å². The van der Waals surface area contributed by atoms with Crippen molar-refractivity contribution in [3.63, 3.8) is 0 Å². The van der Waals surface area contributed by atoms with Gasteiger partial charge < -0.3 is 5.11 Å². The van der Waals surface area contributed by atoms with Gasteiger partial charge in [-0.25, -0.2) is 9.97 Å². The van der Waals surface area contributed by atoms with Gasteiger partial charge in [-0.05, 0) is 42.5 Å². The van der Waals surface area contributed by atoms with E-state index >= 15 is 0 Å². The smallest absolute Gasteiger partial charge is 0.316 e. The van der Waals surface area contributed by atoms with E-state index in [1.807, 2.05) is 24.3 Å². The molecule has 0 amide bonds. The molecular formula is C20H19N3O2. The maximum atomic E-state index is 12.4. The molecule has 5 heteroatoms. The maximum Gasteiger partial charge on any atom is 0.316 e. The molecule has 3 aromatic rings. The van der Waals surface area contributed by atoms with Crippen molar-refractivity contribution in [2.75, 3.05) is 0 Å². The van der Waals surface area contributed by atoms with Crippen molar-refractivity contribution < 1.29 is 9.90 Å². The second-order valence-corrected chi connectivity index (χ2v) is 8.09. The Morgan fingerprint density at radius 1 is 1.04 bits per heavy atom. The van der Waals surface area contributed by atoms with Gasteiger partial charge in [0.15, 0.2) is 0 Å². The normalized spacial score (nSPS) is 29.2. The molecule has 1 aromatic carbocycles. The van der Waals surface area contributed by atoms with E-state index in [9.17, 15) is 9.90 Å². The minimum absolute atomic E-state index is 0.272. The van der Waals surface area contributed by atoms with Gasteiger partial charge in [-0.1, -0.05) is 20.8 Å². The molecule has 1 saturated carbocycles. The minimum atomic E-state index is -0.970. The summed E-state index contributed by atoms with van der Waals surface area (Å²) in [7, 11) is 0. The quantitative estimate of drug-likeness (QED) is 0.689. The summed E-state index contributed by atoms with van der Waals surface area (Å²) in [5, 5.41) is 11.1. The molecule has 2 atom stereocenters. The molecule has 0 radical (unpaired) electrons. The lowest BCUT2D eigenvalue weighted by Crippen LogP contribution is -2.45. The number of fused-ring (bicyclic) bond motifs is 8. The highest BCUT2D eigenvalue weighted by atomic mass is 16.4. The fraction of sp³-hybridized carbons (Fsp3) is 0.400. The highest BCUT2D eigenvalue weighted by molar-refractivity contribution is 6.02. The lowest BCUT2D eigenvalue weighted by atomic mass is 9.64. The Labute approximate surface area is 145 Å². The Balaban J connectivity index is 1.95. The van der Waals surface area contributed by atoms with Crippen LogP contribution in [0.5, 0.6) is 0 Å². The van der Waals surface area contributed by atoms with Crippen LogP contribution < -0.4 is 0 Å². The standard InChI is InChI=1S/C20H19N3O2/c1-18(2)19(3)8-9-20(18,17(24)25)16-15(19)22-13-7-6-12-11(14(13)23-16)5-4-10-21-12/h4-7,10H,8-9H2,1-3H3,(H,24,25)/t19-,20-/m1/s1. The SMILES string of the molecule is CC1(C)[C@]2(C(=O)O)CC[C@]1(C)c1nc3ccc4ncccc4c3nc12. The molecule has 0 spiro atoms. The van der Waals surface area contributed by atoms with Crippen molar-refractivity contribution in [3.8, 4) is 0 Å². The molecule has 25 heavy (non-hydrogen) atoms. The first-order valence-corrected chi connectivity index (χ1v) is 8.63. The molecular weight excluding hydrogens is 314 g/mol. The van der Waals surface area contributed by atoms with Crippen LogP contribution in [0.3, 0.4) is 0 Å². The van der Waals surface area contributed by atoms with Crippen molar-refractivity contribution in [3.05, 3.63) is 41.9 Å². The van der Waals surface area contributed by atoms with Crippen LogP contribution in [0.15, 0.2) is 30.5 Å². The predicted octanol–water partition coefficient (Wildman–Crippen LogP) is 3.59. The number of benzene rings is 1. The number of hydrogen-bond donors (Lipinski definition) is 1. The molecule has 126 valence electrons. The van der Waals surface area contributed by atoms with Gasteiger partial charge in [-0.3, -0.25) is 9.78 Å². The third-order valence-corrected chi connectivity index (χ3v) is 7.15. The highest BCUT2D eigenvalue weighted by Gasteiger charge is 2.73. The Kier molecular flexibility index (Phi) is 2.45. The van der Waals surface area contributed by atoms with Gasteiger partial charge >= 0.3 is 5.97 Å². The molecule has 0 unspecified atom stereocenters. The van der Waals surface area contributed by atoms with E-state index in [0.717, 1.165) is 34.1 Å². The number of aromatic nitrogens is 3. The molecule has 5 nitrogen and oxygen atoms in total. The van der Waals surface area contributed by atoms with Gasteiger partial charge in [0, 0.05) is 17.0 Å². The zero-order valence-corrected chi connectivity index (χ0v) is 14.5. The van der Waals surface area contributed by atoms with Crippen molar-refractivity contribution in [1.29, 1.82) is 0 Å². The van der Waals surface area contributed by atoms with Crippen molar-refractivity contribution in [2.24, 2.45) is 5.41 Å².